The van der Waals surface area contributed by atoms with Gasteiger partial charge < -0.3 is 5.32 Å². The minimum atomic E-state index is -0.467. The van der Waals surface area contributed by atoms with E-state index in [9.17, 15) is 9.59 Å². The van der Waals surface area contributed by atoms with Gasteiger partial charge >= 0.3 is 0 Å². The number of rotatable bonds is 0. The first-order chi connectivity index (χ1) is 8.14. The van der Waals surface area contributed by atoms with Crippen LogP contribution in [0.5, 0.6) is 0 Å². The van der Waals surface area contributed by atoms with E-state index < -0.39 is 5.66 Å². The highest BCUT2D eigenvalue weighted by atomic mass is 79.9. The predicted octanol–water partition coefficient (Wildman–Crippen LogP) is 1.97. The van der Waals surface area contributed by atoms with Crippen molar-refractivity contribution >= 4 is 21.8 Å². The number of fused-ring (bicyclic) bond motifs is 2. The minimum absolute atomic E-state index is 0.109. The molecule has 1 aliphatic heterocycles. The third-order valence-corrected chi connectivity index (χ3v) is 4.33. The van der Waals surface area contributed by atoms with E-state index in [0.29, 0.717) is 10.2 Å². The summed E-state index contributed by atoms with van der Waals surface area (Å²) < 4.78 is 2.17. The average molecular weight is 297 g/mol. The number of pyridine rings is 1. The lowest BCUT2D eigenvalue weighted by Crippen LogP contribution is -2.48. The minimum Gasteiger partial charge on any atom is -0.327 e. The maximum Gasteiger partial charge on any atom is 0.269 e. The van der Waals surface area contributed by atoms with Crippen molar-refractivity contribution in [2.75, 3.05) is 0 Å². The number of nitrogens with zero attached hydrogens (tertiary/aromatic N) is 1. The summed E-state index contributed by atoms with van der Waals surface area (Å²) in [5.41, 5.74) is -0.0891. The van der Waals surface area contributed by atoms with E-state index in [1.807, 2.05) is 0 Å². The van der Waals surface area contributed by atoms with Gasteiger partial charge in [-0.2, -0.15) is 0 Å². The zero-order valence-corrected chi connectivity index (χ0v) is 10.9. The first-order valence-electron chi connectivity index (χ1n) is 5.89. The molecule has 4 nitrogen and oxygen atoms in total. The van der Waals surface area contributed by atoms with Crippen LogP contribution in [0.1, 0.15) is 42.6 Å². The number of halogens is 1. The van der Waals surface area contributed by atoms with Crippen LogP contribution in [-0.2, 0) is 5.66 Å². The van der Waals surface area contributed by atoms with Crippen molar-refractivity contribution in [1.82, 2.24) is 9.88 Å². The van der Waals surface area contributed by atoms with Crippen LogP contribution in [0.3, 0.4) is 0 Å². The summed E-state index contributed by atoms with van der Waals surface area (Å²) in [5.74, 6) is -0.128. The standard InChI is InChI=1S/C12H13BrN2O2/c13-8-4-5-9-10(16)14-12(15(9)11(8)17)6-2-1-3-7-12/h4-5H,1-3,6-7H2,(H,14,16). The predicted molar refractivity (Wildman–Crippen MR) is 66.9 cm³/mol. The number of carbonyl (C=O) groups excluding carboxylic acids is 1. The summed E-state index contributed by atoms with van der Waals surface area (Å²) in [5, 5.41) is 3.01. The Morgan fingerprint density at radius 2 is 1.88 bits per heavy atom. The van der Waals surface area contributed by atoms with Crippen LogP contribution in [0.2, 0.25) is 0 Å². The number of amides is 1. The van der Waals surface area contributed by atoms with Crippen LogP contribution in [0.25, 0.3) is 0 Å². The molecule has 1 spiro atoms. The number of hydrogen-bond donors (Lipinski definition) is 1. The third kappa shape index (κ3) is 1.48. The largest absolute Gasteiger partial charge is 0.327 e. The molecule has 1 aromatic heterocycles. The van der Waals surface area contributed by atoms with Crippen LogP contribution in [-0.4, -0.2) is 10.5 Å². The van der Waals surface area contributed by atoms with E-state index in [2.05, 4.69) is 21.2 Å². The van der Waals surface area contributed by atoms with Gasteiger partial charge in [0, 0.05) is 0 Å². The Kier molecular flexibility index (Phi) is 2.40. The van der Waals surface area contributed by atoms with Crippen LogP contribution in [0.15, 0.2) is 21.4 Å². The molecule has 0 unspecified atom stereocenters. The molecule has 1 aliphatic carbocycles. The molecule has 17 heavy (non-hydrogen) atoms. The van der Waals surface area contributed by atoms with Gasteiger partial charge in [0.25, 0.3) is 11.5 Å². The van der Waals surface area contributed by atoms with E-state index in [0.717, 1.165) is 25.7 Å². The Balaban J connectivity index is 2.23. The van der Waals surface area contributed by atoms with E-state index in [-0.39, 0.29) is 11.5 Å². The maximum absolute atomic E-state index is 12.2. The molecule has 5 heteroatoms. The van der Waals surface area contributed by atoms with Gasteiger partial charge in [0.15, 0.2) is 0 Å². The second-order valence-corrected chi connectivity index (χ2v) is 5.61. The average Bonchev–Trinajstić information content (AvgIpc) is 2.58. The molecule has 1 saturated carbocycles. The molecular weight excluding hydrogens is 284 g/mol. The van der Waals surface area contributed by atoms with Gasteiger partial charge in [-0.25, -0.2) is 0 Å². The Morgan fingerprint density at radius 1 is 1.18 bits per heavy atom. The third-order valence-electron chi connectivity index (χ3n) is 3.72. The van der Waals surface area contributed by atoms with E-state index in [1.54, 1.807) is 16.7 Å². The summed E-state index contributed by atoms with van der Waals surface area (Å²) >= 11 is 3.25. The van der Waals surface area contributed by atoms with Gasteiger partial charge in [-0.05, 0) is 53.7 Å². The van der Waals surface area contributed by atoms with Gasteiger partial charge in [0.05, 0.1) is 4.47 Å². The lowest BCUT2D eigenvalue weighted by molar-refractivity contribution is 0.0876. The molecule has 0 saturated heterocycles. The maximum atomic E-state index is 12.2. The Hall–Kier alpha value is -1.10. The van der Waals surface area contributed by atoms with Crippen LogP contribution in [0, 0.1) is 0 Å². The normalized spacial score (nSPS) is 21.4. The second kappa shape index (κ2) is 3.70. The van der Waals surface area contributed by atoms with Crippen molar-refractivity contribution < 1.29 is 4.79 Å². The SMILES string of the molecule is O=C1NC2(CCCCC2)n2c1ccc(Br)c2=O. The van der Waals surface area contributed by atoms with E-state index >= 15 is 0 Å². The lowest BCUT2D eigenvalue weighted by Gasteiger charge is -2.35. The van der Waals surface area contributed by atoms with Crippen molar-refractivity contribution in [2.45, 2.75) is 37.8 Å². The zero-order valence-electron chi connectivity index (χ0n) is 9.33. The summed E-state index contributed by atoms with van der Waals surface area (Å²) in [6, 6.07) is 3.36. The van der Waals surface area contributed by atoms with Crippen molar-refractivity contribution in [3.63, 3.8) is 0 Å². The Labute approximate surface area is 107 Å². The summed E-state index contributed by atoms with van der Waals surface area (Å²) in [4.78, 5) is 24.1. The highest BCUT2D eigenvalue weighted by Gasteiger charge is 2.43. The molecule has 1 fully saturated rings. The summed E-state index contributed by atoms with van der Waals surface area (Å²) in [7, 11) is 0. The molecule has 0 atom stereocenters. The number of hydrogen-bond acceptors (Lipinski definition) is 2. The number of nitrogens with one attached hydrogen (secondary N) is 1. The van der Waals surface area contributed by atoms with Gasteiger partial charge in [-0.3, -0.25) is 14.2 Å². The first kappa shape index (κ1) is 11.0. The molecule has 1 N–H and O–H groups in total. The van der Waals surface area contributed by atoms with Crippen LogP contribution >= 0.6 is 15.9 Å². The monoisotopic (exact) mass is 296 g/mol. The molecule has 90 valence electrons. The van der Waals surface area contributed by atoms with E-state index in [1.165, 1.54) is 6.42 Å². The fourth-order valence-electron chi connectivity index (χ4n) is 2.93. The Morgan fingerprint density at radius 3 is 2.59 bits per heavy atom. The summed E-state index contributed by atoms with van der Waals surface area (Å²) in [6.07, 6.45) is 4.98. The summed E-state index contributed by atoms with van der Waals surface area (Å²) in [6.45, 7) is 0. The van der Waals surface area contributed by atoms with Gasteiger partial charge in [0.2, 0.25) is 0 Å². The number of carbonyl (C=O) groups is 1. The zero-order chi connectivity index (χ0) is 12.0. The van der Waals surface area contributed by atoms with Crippen molar-refractivity contribution in [3.8, 4) is 0 Å². The van der Waals surface area contributed by atoms with Crippen molar-refractivity contribution in [1.29, 1.82) is 0 Å². The van der Waals surface area contributed by atoms with E-state index in [4.69, 9.17) is 0 Å². The molecule has 1 aromatic rings. The molecule has 0 bridgehead atoms. The second-order valence-electron chi connectivity index (χ2n) is 4.75. The fourth-order valence-corrected chi connectivity index (χ4v) is 3.24. The molecule has 1 amide bonds. The first-order valence-corrected chi connectivity index (χ1v) is 6.68. The van der Waals surface area contributed by atoms with Gasteiger partial charge in [0.1, 0.15) is 11.4 Å². The van der Waals surface area contributed by atoms with Crippen molar-refractivity contribution in [2.24, 2.45) is 0 Å². The van der Waals surface area contributed by atoms with Gasteiger partial charge in [-0.1, -0.05) is 6.42 Å². The molecule has 2 aliphatic rings. The molecule has 3 rings (SSSR count). The molecule has 2 heterocycles. The van der Waals surface area contributed by atoms with Crippen LogP contribution < -0.4 is 10.9 Å². The molecule has 0 radical (unpaired) electrons. The quantitative estimate of drug-likeness (QED) is 0.796. The van der Waals surface area contributed by atoms with Crippen LogP contribution in [0.4, 0.5) is 0 Å². The smallest absolute Gasteiger partial charge is 0.269 e. The lowest BCUT2D eigenvalue weighted by atomic mass is 9.89. The highest BCUT2D eigenvalue weighted by Crippen LogP contribution is 2.36. The number of aromatic nitrogens is 1. The fraction of sp³-hybridized carbons (Fsp3) is 0.500. The van der Waals surface area contributed by atoms with Gasteiger partial charge in [-0.15, -0.1) is 0 Å². The molecular formula is C12H13BrN2O2. The van der Waals surface area contributed by atoms with Crippen molar-refractivity contribution in [3.05, 3.63) is 32.7 Å². The Bertz CT molecular complexity index is 544. The molecule has 0 aromatic carbocycles. The highest BCUT2D eigenvalue weighted by molar-refractivity contribution is 9.10. The topological polar surface area (TPSA) is 51.1 Å².